The Morgan fingerprint density at radius 2 is 1.68 bits per heavy atom. The fraction of sp³-hybridized carbons (Fsp3) is 0.500. The maximum atomic E-state index is 13.7. The van der Waals surface area contributed by atoms with Crippen LogP contribution >= 0.6 is 0 Å². The molecule has 1 fully saturated rings. The molecule has 1 aliphatic carbocycles. The van der Waals surface area contributed by atoms with Gasteiger partial charge in [0.2, 0.25) is 10.0 Å². The molecule has 0 atom stereocenters. The topological polar surface area (TPSA) is 63.4 Å². The molecule has 0 spiro atoms. The van der Waals surface area contributed by atoms with Crippen molar-refractivity contribution in [2.75, 3.05) is 12.8 Å². The molecule has 1 aliphatic rings. The van der Waals surface area contributed by atoms with E-state index < -0.39 is 26.6 Å². The molecule has 1 aromatic carbocycles. The SMILES string of the molecule is CN(C1CCCC1)S(=O)(=O)c1c(F)cc(N)cc1F. The Morgan fingerprint density at radius 3 is 2.16 bits per heavy atom. The Bertz CT molecular complexity index is 560. The molecule has 4 nitrogen and oxygen atoms in total. The first kappa shape index (κ1) is 14.2. The molecule has 0 bridgehead atoms. The molecule has 106 valence electrons. The summed E-state index contributed by atoms with van der Waals surface area (Å²) in [7, 11) is -2.81. The van der Waals surface area contributed by atoms with E-state index in [4.69, 9.17) is 5.73 Å². The van der Waals surface area contributed by atoms with Gasteiger partial charge in [-0.05, 0) is 25.0 Å². The van der Waals surface area contributed by atoms with Crippen LogP contribution in [0.5, 0.6) is 0 Å². The normalized spacial score (nSPS) is 17.3. The lowest BCUT2D eigenvalue weighted by Gasteiger charge is -2.24. The van der Waals surface area contributed by atoms with Gasteiger partial charge in [-0.15, -0.1) is 0 Å². The molecular formula is C12H16F2N2O2S. The standard InChI is InChI=1S/C12H16F2N2O2S/c1-16(9-4-2-3-5-9)19(17,18)12-10(13)6-8(15)7-11(12)14/h6-7,9H,2-5,15H2,1H3. The second-order valence-corrected chi connectivity index (χ2v) is 6.71. The summed E-state index contributed by atoms with van der Waals surface area (Å²) in [6, 6.07) is 1.44. The maximum absolute atomic E-state index is 13.7. The smallest absolute Gasteiger partial charge is 0.248 e. The Hall–Kier alpha value is -1.21. The van der Waals surface area contributed by atoms with Gasteiger partial charge in [-0.3, -0.25) is 0 Å². The van der Waals surface area contributed by atoms with Crippen molar-refractivity contribution in [1.82, 2.24) is 4.31 Å². The summed E-state index contributed by atoms with van der Waals surface area (Å²) in [5.74, 6) is -2.30. The zero-order valence-corrected chi connectivity index (χ0v) is 11.4. The van der Waals surface area contributed by atoms with Gasteiger partial charge in [0, 0.05) is 18.8 Å². The predicted molar refractivity (Wildman–Crippen MR) is 68.0 cm³/mol. The highest BCUT2D eigenvalue weighted by molar-refractivity contribution is 7.89. The van der Waals surface area contributed by atoms with E-state index in [2.05, 4.69) is 0 Å². The van der Waals surface area contributed by atoms with Crippen LogP contribution in [0.15, 0.2) is 17.0 Å². The maximum Gasteiger partial charge on any atom is 0.248 e. The number of nitrogen functional groups attached to an aromatic ring is 1. The molecule has 0 aliphatic heterocycles. The van der Waals surface area contributed by atoms with E-state index >= 15 is 0 Å². The lowest BCUT2D eigenvalue weighted by atomic mass is 10.3. The van der Waals surface area contributed by atoms with Crippen LogP contribution in [0, 0.1) is 11.6 Å². The number of anilines is 1. The lowest BCUT2D eigenvalue weighted by Crippen LogP contribution is -2.36. The zero-order valence-electron chi connectivity index (χ0n) is 10.6. The summed E-state index contributed by atoms with van der Waals surface area (Å²) >= 11 is 0. The highest BCUT2D eigenvalue weighted by atomic mass is 32.2. The van der Waals surface area contributed by atoms with Gasteiger partial charge in [0.25, 0.3) is 0 Å². The van der Waals surface area contributed by atoms with Gasteiger partial charge in [-0.25, -0.2) is 17.2 Å². The molecule has 0 aromatic heterocycles. The first-order chi connectivity index (χ1) is 8.84. The molecule has 0 unspecified atom stereocenters. The van der Waals surface area contributed by atoms with Crippen LogP contribution < -0.4 is 5.73 Å². The van der Waals surface area contributed by atoms with E-state index in [-0.39, 0.29) is 11.7 Å². The summed E-state index contributed by atoms with van der Waals surface area (Å²) in [5.41, 5.74) is 5.14. The Kier molecular flexibility index (Phi) is 3.78. The zero-order chi connectivity index (χ0) is 14.2. The van der Waals surface area contributed by atoms with Crippen molar-refractivity contribution >= 4 is 15.7 Å². The van der Waals surface area contributed by atoms with E-state index in [1.807, 2.05) is 0 Å². The second kappa shape index (κ2) is 5.05. The Morgan fingerprint density at radius 1 is 1.21 bits per heavy atom. The molecule has 1 saturated carbocycles. The van der Waals surface area contributed by atoms with Crippen molar-refractivity contribution in [3.05, 3.63) is 23.8 Å². The number of halogens is 2. The van der Waals surface area contributed by atoms with Crippen LogP contribution in [-0.4, -0.2) is 25.8 Å². The molecule has 1 aromatic rings. The minimum atomic E-state index is -4.17. The second-order valence-electron chi connectivity index (χ2n) is 4.77. The van der Waals surface area contributed by atoms with Crippen molar-refractivity contribution in [3.63, 3.8) is 0 Å². The quantitative estimate of drug-likeness (QED) is 0.867. The van der Waals surface area contributed by atoms with Gasteiger partial charge in [-0.2, -0.15) is 4.31 Å². The Balaban J connectivity index is 2.44. The summed E-state index contributed by atoms with van der Waals surface area (Å²) in [5, 5.41) is 0. The van der Waals surface area contributed by atoms with E-state index in [0.29, 0.717) is 12.8 Å². The molecule has 0 heterocycles. The van der Waals surface area contributed by atoms with Crippen LogP contribution in [0.1, 0.15) is 25.7 Å². The van der Waals surface area contributed by atoms with E-state index in [1.165, 1.54) is 7.05 Å². The Labute approximate surface area is 111 Å². The number of nitrogens with zero attached hydrogens (tertiary/aromatic N) is 1. The van der Waals surface area contributed by atoms with Crippen molar-refractivity contribution in [1.29, 1.82) is 0 Å². The molecule has 0 saturated heterocycles. The van der Waals surface area contributed by atoms with Gasteiger partial charge in [-0.1, -0.05) is 12.8 Å². The summed E-state index contributed by atoms with van der Waals surface area (Å²) in [4.78, 5) is -0.920. The van der Waals surface area contributed by atoms with Gasteiger partial charge < -0.3 is 5.73 Å². The van der Waals surface area contributed by atoms with Gasteiger partial charge in [0.15, 0.2) is 4.90 Å². The highest BCUT2D eigenvalue weighted by Crippen LogP contribution is 2.30. The van der Waals surface area contributed by atoms with Crippen LogP contribution in [0.3, 0.4) is 0 Å². The summed E-state index contributed by atoms with van der Waals surface area (Å²) in [6.45, 7) is 0. The average Bonchev–Trinajstić information content (AvgIpc) is 2.78. The number of hydrogen-bond acceptors (Lipinski definition) is 3. The van der Waals surface area contributed by atoms with E-state index in [1.54, 1.807) is 0 Å². The molecular weight excluding hydrogens is 274 g/mol. The molecule has 0 radical (unpaired) electrons. The fourth-order valence-electron chi connectivity index (χ4n) is 2.43. The molecule has 2 rings (SSSR count). The molecule has 2 N–H and O–H groups in total. The van der Waals surface area contributed by atoms with Crippen molar-refractivity contribution in [3.8, 4) is 0 Å². The van der Waals surface area contributed by atoms with Gasteiger partial charge in [0.05, 0.1) is 0 Å². The van der Waals surface area contributed by atoms with Crippen molar-refractivity contribution < 1.29 is 17.2 Å². The number of nitrogens with two attached hydrogens (primary N) is 1. The number of benzene rings is 1. The van der Waals surface area contributed by atoms with Crippen LogP contribution in [0.4, 0.5) is 14.5 Å². The largest absolute Gasteiger partial charge is 0.399 e. The van der Waals surface area contributed by atoms with Gasteiger partial charge >= 0.3 is 0 Å². The summed E-state index contributed by atoms with van der Waals surface area (Å²) < 4.78 is 53.1. The third-order valence-corrected chi connectivity index (χ3v) is 5.46. The average molecular weight is 290 g/mol. The predicted octanol–water partition coefficient (Wildman–Crippen LogP) is 2.11. The minimum absolute atomic E-state index is 0.141. The summed E-state index contributed by atoms with van der Waals surface area (Å²) in [6.07, 6.45) is 3.29. The van der Waals surface area contributed by atoms with Crippen LogP contribution in [0.2, 0.25) is 0 Å². The number of rotatable bonds is 3. The third-order valence-electron chi connectivity index (χ3n) is 3.50. The molecule has 7 heteroatoms. The molecule has 19 heavy (non-hydrogen) atoms. The first-order valence-electron chi connectivity index (χ1n) is 6.06. The minimum Gasteiger partial charge on any atom is -0.399 e. The number of hydrogen-bond donors (Lipinski definition) is 1. The monoisotopic (exact) mass is 290 g/mol. The van der Waals surface area contributed by atoms with Gasteiger partial charge in [0.1, 0.15) is 11.6 Å². The first-order valence-corrected chi connectivity index (χ1v) is 7.50. The van der Waals surface area contributed by atoms with Crippen molar-refractivity contribution in [2.24, 2.45) is 0 Å². The van der Waals surface area contributed by atoms with Crippen LogP contribution in [-0.2, 0) is 10.0 Å². The highest BCUT2D eigenvalue weighted by Gasteiger charge is 2.34. The van der Waals surface area contributed by atoms with Crippen molar-refractivity contribution in [2.45, 2.75) is 36.6 Å². The molecule has 0 amide bonds. The fourth-order valence-corrected chi connectivity index (χ4v) is 3.94. The number of sulfonamides is 1. The van der Waals surface area contributed by atoms with E-state index in [0.717, 1.165) is 29.3 Å². The third kappa shape index (κ3) is 2.57. The lowest BCUT2D eigenvalue weighted by molar-refractivity contribution is 0.367. The van der Waals surface area contributed by atoms with E-state index in [9.17, 15) is 17.2 Å². The van der Waals surface area contributed by atoms with Crippen LogP contribution in [0.25, 0.3) is 0 Å².